The molecule has 0 fully saturated rings. The number of nitrogens with zero attached hydrogens (tertiary/aromatic N) is 3. The van der Waals surface area contributed by atoms with E-state index in [1.165, 1.54) is 22.5 Å². The SMILES string of the molecule is Cc1ccc(-c2csc3ncn(Cc4nc5ccccc5s4)c(=O)c23)cc1C. The molecule has 138 valence electrons. The van der Waals surface area contributed by atoms with Crippen molar-refractivity contribution in [3.05, 3.63) is 80.7 Å². The molecule has 28 heavy (non-hydrogen) atoms. The smallest absolute Gasteiger partial charge is 0.263 e. The fourth-order valence-electron chi connectivity index (χ4n) is 3.33. The van der Waals surface area contributed by atoms with Crippen molar-refractivity contribution in [2.45, 2.75) is 20.4 Å². The number of hydrogen-bond donors (Lipinski definition) is 0. The standard InChI is InChI=1S/C22H17N3OS2/c1-13-7-8-15(9-14(13)2)16-11-27-21-20(16)22(26)25(12-23-21)10-19-24-17-5-3-4-6-18(17)28-19/h3-9,11-12H,10H2,1-2H3. The van der Waals surface area contributed by atoms with Crippen molar-refractivity contribution in [3.8, 4) is 11.1 Å². The summed E-state index contributed by atoms with van der Waals surface area (Å²) in [7, 11) is 0. The third kappa shape index (κ3) is 2.85. The molecular weight excluding hydrogens is 386 g/mol. The number of benzene rings is 2. The molecule has 3 aromatic heterocycles. The predicted octanol–water partition coefficient (Wildman–Crippen LogP) is 5.40. The summed E-state index contributed by atoms with van der Waals surface area (Å²) in [4.78, 5) is 23.2. The minimum Gasteiger partial charge on any atom is -0.292 e. The summed E-state index contributed by atoms with van der Waals surface area (Å²) in [6.45, 7) is 4.62. The highest BCUT2D eigenvalue weighted by molar-refractivity contribution is 7.18. The van der Waals surface area contributed by atoms with E-state index in [0.717, 1.165) is 31.2 Å². The molecule has 4 nitrogen and oxygen atoms in total. The first-order valence-electron chi connectivity index (χ1n) is 8.99. The van der Waals surface area contributed by atoms with Crippen molar-refractivity contribution in [1.29, 1.82) is 0 Å². The highest BCUT2D eigenvalue weighted by atomic mass is 32.1. The Labute approximate surface area is 169 Å². The Hall–Kier alpha value is -2.83. The van der Waals surface area contributed by atoms with Gasteiger partial charge in [-0.3, -0.25) is 9.36 Å². The summed E-state index contributed by atoms with van der Waals surface area (Å²) in [5.74, 6) is 0. The molecule has 0 atom stereocenters. The molecule has 0 amide bonds. The zero-order chi connectivity index (χ0) is 19.3. The molecule has 0 aliphatic heterocycles. The Morgan fingerprint density at radius 3 is 2.75 bits per heavy atom. The Morgan fingerprint density at radius 1 is 1.07 bits per heavy atom. The molecule has 3 heterocycles. The molecule has 0 bridgehead atoms. The highest BCUT2D eigenvalue weighted by Crippen LogP contribution is 2.32. The van der Waals surface area contributed by atoms with E-state index < -0.39 is 0 Å². The van der Waals surface area contributed by atoms with Gasteiger partial charge >= 0.3 is 0 Å². The number of fused-ring (bicyclic) bond motifs is 2. The molecule has 0 N–H and O–H groups in total. The molecule has 5 aromatic rings. The summed E-state index contributed by atoms with van der Waals surface area (Å²) in [6, 6.07) is 14.4. The lowest BCUT2D eigenvalue weighted by molar-refractivity contribution is 0.746. The van der Waals surface area contributed by atoms with Crippen LogP contribution >= 0.6 is 22.7 Å². The zero-order valence-corrected chi connectivity index (χ0v) is 17.1. The van der Waals surface area contributed by atoms with Crippen LogP contribution < -0.4 is 5.56 Å². The molecule has 0 aliphatic carbocycles. The molecule has 0 saturated carbocycles. The number of aryl methyl sites for hydroxylation is 2. The van der Waals surface area contributed by atoms with Gasteiger partial charge in [0.2, 0.25) is 0 Å². The van der Waals surface area contributed by atoms with Crippen LogP contribution in [0.4, 0.5) is 0 Å². The first-order valence-corrected chi connectivity index (χ1v) is 10.7. The van der Waals surface area contributed by atoms with Crippen LogP contribution in [-0.2, 0) is 6.54 Å². The van der Waals surface area contributed by atoms with Crippen LogP contribution in [-0.4, -0.2) is 14.5 Å². The van der Waals surface area contributed by atoms with Crippen LogP contribution in [0.3, 0.4) is 0 Å². The van der Waals surface area contributed by atoms with Crippen molar-refractivity contribution in [2.24, 2.45) is 0 Å². The van der Waals surface area contributed by atoms with E-state index in [4.69, 9.17) is 0 Å². The van der Waals surface area contributed by atoms with Crippen molar-refractivity contribution >= 4 is 43.1 Å². The van der Waals surface area contributed by atoms with Crippen LogP contribution in [0.5, 0.6) is 0 Å². The monoisotopic (exact) mass is 403 g/mol. The number of aromatic nitrogens is 3. The second kappa shape index (κ2) is 6.65. The van der Waals surface area contributed by atoms with Crippen molar-refractivity contribution < 1.29 is 0 Å². The Bertz CT molecular complexity index is 1360. The number of hydrogen-bond acceptors (Lipinski definition) is 5. The number of thiophene rings is 1. The molecule has 0 aliphatic rings. The van der Waals surface area contributed by atoms with E-state index in [1.54, 1.807) is 22.2 Å². The van der Waals surface area contributed by atoms with Gasteiger partial charge in [-0.05, 0) is 42.7 Å². The van der Waals surface area contributed by atoms with E-state index in [9.17, 15) is 4.79 Å². The molecule has 0 unspecified atom stereocenters. The van der Waals surface area contributed by atoms with Crippen LogP contribution in [0.25, 0.3) is 31.6 Å². The normalized spacial score (nSPS) is 11.5. The zero-order valence-electron chi connectivity index (χ0n) is 15.5. The van der Waals surface area contributed by atoms with Gasteiger partial charge in [0, 0.05) is 10.9 Å². The third-order valence-corrected chi connectivity index (χ3v) is 6.93. The fraction of sp³-hybridized carbons (Fsp3) is 0.136. The fourth-order valence-corrected chi connectivity index (χ4v) is 5.21. The number of para-hydroxylation sites is 1. The molecule has 0 spiro atoms. The second-order valence-corrected chi connectivity index (χ2v) is 8.85. The summed E-state index contributed by atoms with van der Waals surface area (Å²) in [5, 5.41) is 3.63. The lowest BCUT2D eigenvalue weighted by Gasteiger charge is -2.06. The number of thiazole rings is 1. The van der Waals surface area contributed by atoms with Gasteiger partial charge in [-0.2, -0.15) is 0 Å². The lowest BCUT2D eigenvalue weighted by atomic mass is 10.0. The van der Waals surface area contributed by atoms with Crippen molar-refractivity contribution in [2.75, 3.05) is 0 Å². The van der Waals surface area contributed by atoms with Gasteiger partial charge < -0.3 is 0 Å². The first kappa shape index (κ1) is 17.3. The first-order chi connectivity index (χ1) is 13.6. The third-order valence-electron chi connectivity index (χ3n) is 5.02. The minimum absolute atomic E-state index is 0.0151. The number of rotatable bonds is 3. The maximum Gasteiger partial charge on any atom is 0.263 e. The van der Waals surface area contributed by atoms with Gasteiger partial charge in [-0.15, -0.1) is 22.7 Å². The molecule has 5 rings (SSSR count). The maximum absolute atomic E-state index is 13.3. The van der Waals surface area contributed by atoms with E-state index in [0.29, 0.717) is 11.9 Å². The van der Waals surface area contributed by atoms with Gasteiger partial charge in [0.1, 0.15) is 9.84 Å². The van der Waals surface area contributed by atoms with Crippen LogP contribution in [0.15, 0.2) is 59.0 Å². The van der Waals surface area contributed by atoms with Crippen molar-refractivity contribution in [3.63, 3.8) is 0 Å². The Balaban J connectivity index is 1.62. The summed E-state index contributed by atoms with van der Waals surface area (Å²) < 4.78 is 2.79. The minimum atomic E-state index is -0.0151. The second-order valence-electron chi connectivity index (χ2n) is 6.88. The Morgan fingerprint density at radius 2 is 1.93 bits per heavy atom. The summed E-state index contributed by atoms with van der Waals surface area (Å²) in [6.07, 6.45) is 1.64. The van der Waals surface area contributed by atoms with Crippen LogP contribution in [0.2, 0.25) is 0 Å². The molecule has 0 radical (unpaired) electrons. The predicted molar refractivity (Wildman–Crippen MR) is 118 cm³/mol. The molecule has 6 heteroatoms. The molecule has 0 saturated heterocycles. The lowest BCUT2D eigenvalue weighted by Crippen LogP contribution is -2.20. The van der Waals surface area contributed by atoms with Crippen LogP contribution in [0, 0.1) is 13.8 Å². The maximum atomic E-state index is 13.3. The van der Waals surface area contributed by atoms with E-state index in [-0.39, 0.29) is 5.56 Å². The topological polar surface area (TPSA) is 47.8 Å². The average molecular weight is 404 g/mol. The largest absolute Gasteiger partial charge is 0.292 e. The highest BCUT2D eigenvalue weighted by Gasteiger charge is 2.15. The summed E-state index contributed by atoms with van der Waals surface area (Å²) >= 11 is 3.13. The quantitative estimate of drug-likeness (QED) is 0.405. The van der Waals surface area contributed by atoms with E-state index in [1.807, 2.05) is 23.6 Å². The molecule has 2 aromatic carbocycles. The van der Waals surface area contributed by atoms with E-state index >= 15 is 0 Å². The van der Waals surface area contributed by atoms with Gasteiger partial charge in [-0.1, -0.05) is 30.3 Å². The van der Waals surface area contributed by atoms with Gasteiger partial charge in [0.15, 0.2) is 0 Å². The molecular formula is C22H17N3OS2. The summed E-state index contributed by atoms with van der Waals surface area (Å²) in [5.41, 5.74) is 5.44. The van der Waals surface area contributed by atoms with Crippen molar-refractivity contribution in [1.82, 2.24) is 14.5 Å². The van der Waals surface area contributed by atoms with E-state index in [2.05, 4.69) is 48.1 Å². The van der Waals surface area contributed by atoms with Crippen LogP contribution in [0.1, 0.15) is 16.1 Å². The van der Waals surface area contributed by atoms with Gasteiger partial charge in [-0.25, -0.2) is 9.97 Å². The Kier molecular flexibility index (Phi) is 4.10. The van der Waals surface area contributed by atoms with Gasteiger partial charge in [0.05, 0.1) is 28.5 Å². The average Bonchev–Trinajstić information content (AvgIpc) is 3.30. The van der Waals surface area contributed by atoms with Gasteiger partial charge in [0.25, 0.3) is 5.56 Å².